The van der Waals surface area contributed by atoms with Crippen molar-refractivity contribution in [2.75, 3.05) is 13.2 Å². The maximum absolute atomic E-state index is 13.1. The number of imidazole rings is 1. The van der Waals surface area contributed by atoms with Crippen LogP contribution in [0.1, 0.15) is 30.5 Å². The zero-order valence-corrected chi connectivity index (χ0v) is 17.8. The fourth-order valence-electron chi connectivity index (χ4n) is 3.99. The molecule has 1 aliphatic heterocycles. The van der Waals surface area contributed by atoms with E-state index in [1.807, 2.05) is 48.0 Å². The predicted octanol–water partition coefficient (Wildman–Crippen LogP) is 3.79. The molecule has 0 spiro atoms. The third kappa shape index (κ3) is 4.27. The molecule has 1 aliphatic rings. The topological polar surface area (TPSA) is 84.7 Å². The molecular weight excluding hydrogens is 406 g/mol. The molecule has 1 amide bonds. The van der Waals surface area contributed by atoms with Gasteiger partial charge in [-0.1, -0.05) is 42.5 Å². The molecule has 32 heavy (non-hydrogen) atoms. The van der Waals surface area contributed by atoms with Crippen LogP contribution in [0.5, 0.6) is 5.75 Å². The molecule has 3 aromatic rings. The van der Waals surface area contributed by atoms with E-state index in [2.05, 4.69) is 4.98 Å². The summed E-state index contributed by atoms with van der Waals surface area (Å²) in [6.07, 6.45) is 5.90. The van der Waals surface area contributed by atoms with Gasteiger partial charge in [0, 0.05) is 31.0 Å². The van der Waals surface area contributed by atoms with Crippen molar-refractivity contribution >= 4 is 17.4 Å². The van der Waals surface area contributed by atoms with Crippen LogP contribution in [0.15, 0.2) is 78.9 Å². The summed E-state index contributed by atoms with van der Waals surface area (Å²) < 4.78 is 7.55. The molecule has 1 aromatic heterocycles. The van der Waals surface area contributed by atoms with E-state index in [0.29, 0.717) is 37.4 Å². The van der Waals surface area contributed by atoms with Gasteiger partial charge in [-0.15, -0.1) is 0 Å². The standard InChI is InChI=1S/C25H25N3O4/c1-2-32-20-11-6-10-19(16-20)22-21(23(29)18-8-4-3-5-9-18)24(30)25(31)28(22)14-7-13-27-15-12-26-17-27/h3-6,8-12,15-17,22,29H,2,7,13-14H2,1H3/b23-21+. The minimum Gasteiger partial charge on any atom is -0.507 e. The summed E-state index contributed by atoms with van der Waals surface area (Å²) in [7, 11) is 0. The number of aliphatic hydroxyl groups is 1. The van der Waals surface area contributed by atoms with E-state index in [-0.39, 0.29) is 11.3 Å². The molecule has 0 aliphatic carbocycles. The van der Waals surface area contributed by atoms with Crippen LogP contribution in [0.4, 0.5) is 0 Å². The average Bonchev–Trinajstić information content (AvgIpc) is 3.42. The van der Waals surface area contributed by atoms with Crippen LogP contribution in [0, 0.1) is 0 Å². The fourth-order valence-corrected chi connectivity index (χ4v) is 3.99. The van der Waals surface area contributed by atoms with Crippen molar-refractivity contribution in [2.24, 2.45) is 0 Å². The molecule has 1 atom stereocenters. The number of ether oxygens (including phenoxy) is 1. The smallest absolute Gasteiger partial charge is 0.295 e. The first-order valence-electron chi connectivity index (χ1n) is 10.6. The van der Waals surface area contributed by atoms with Crippen molar-refractivity contribution in [3.8, 4) is 5.75 Å². The van der Waals surface area contributed by atoms with Crippen LogP contribution in [0.25, 0.3) is 5.76 Å². The molecule has 1 N–H and O–H groups in total. The normalized spacial score (nSPS) is 17.7. The van der Waals surface area contributed by atoms with Crippen LogP contribution in [0.2, 0.25) is 0 Å². The van der Waals surface area contributed by atoms with Crippen LogP contribution in [-0.2, 0) is 16.1 Å². The SMILES string of the molecule is CCOc1cccc(C2/C(=C(\O)c3ccccc3)C(=O)C(=O)N2CCCn2ccnc2)c1. The Bertz CT molecular complexity index is 1120. The highest BCUT2D eigenvalue weighted by Crippen LogP contribution is 2.40. The lowest BCUT2D eigenvalue weighted by molar-refractivity contribution is -0.139. The van der Waals surface area contributed by atoms with Crippen molar-refractivity contribution in [3.05, 3.63) is 90.0 Å². The molecule has 1 saturated heterocycles. The van der Waals surface area contributed by atoms with E-state index in [1.165, 1.54) is 0 Å². The maximum atomic E-state index is 13.1. The molecule has 4 rings (SSSR count). The third-order valence-electron chi connectivity index (χ3n) is 5.45. The second-order valence-electron chi connectivity index (χ2n) is 7.52. The Labute approximate surface area is 186 Å². The van der Waals surface area contributed by atoms with Gasteiger partial charge in [-0.25, -0.2) is 4.98 Å². The highest BCUT2D eigenvalue weighted by molar-refractivity contribution is 6.46. The first-order chi connectivity index (χ1) is 15.6. The van der Waals surface area contributed by atoms with Crippen LogP contribution in [-0.4, -0.2) is 44.4 Å². The number of aromatic nitrogens is 2. The Kier molecular flexibility index (Phi) is 6.35. The van der Waals surface area contributed by atoms with Gasteiger partial charge in [-0.2, -0.15) is 0 Å². The quantitative estimate of drug-likeness (QED) is 0.333. The summed E-state index contributed by atoms with van der Waals surface area (Å²) >= 11 is 0. The van der Waals surface area contributed by atoms with Gasteiger partial charge in [0.25, 0.3) is 11.7 Å². The summed E-state index contributed by atoms with van der Waals surface area (Å²) in [5, 5.41) is 11.0. The van der Waals surface area contributed by atoms with Crippen molar-refractivity contribution in [3.63, 3.8) is 0 Å². The van der Waals surface area contributed by atoms with Crippen LogP contribution >= 0.6 is 0 Å². The largest absolute Gasteiger partial charge is 0.507 e. The number of ketones is 1. The summed E-state index contributed by atoms with van der Waals surface area (Å²) in [5.41, 5.74) is 1.31. The lowest BCUT2D eigenvalue weighted by atomic mass is 9.95. The summed E-state index contributed by atoms with van der Waals surface area (Å²) in [6.45, 7) is 3.41. The monoisotopic (exact) mass is 431 g/mol. The number of carbonyl (C=O) groups is 2. The van der Waals surface area contributed by atoms with E-state index in [9.17, 15) is 14.7 Å². The lowest BCUT2D eigenvalue weighted by Crippen LogP contribution is -2.31. The molecule has 7 nitrogen and oxygen atoms in total. The van der Waals surface area contributed by atoms with Gasteiger partial charge >= 0.3 is 0 Å². The average molecular weight is 431 g/mol. The molecule has 0 radical (unpaired) electrons. The van der Waals surface area contributed by atoms with E-state index >= 15 is 0 Å². The van der Waals surface area contributed by atoms with Crippen LogP contribution < -0.4 is 4.74 Å². The number of rotatable bonds is 8. The Balaban J connectivity index is 1.73. The maximum Gasteiger partial charge on any atom is 0.295 e. The Morgan fingerprint density at radius 1 is 1.09 bits per heavy atom. The number of benzene rings is 2. The second-order valence-corrected chi connectivity index (χ2v) is 7.52. The van der Waals surface area contributed by atoms with Crippen LogP contribution in [0.3, 0.4) is 0 Å². The Morgan fingerprint density at radius 2 is 1.91 bits per heavy atom. The Morgan fingerprint density at radius 3 is 2.62 bits per heavy atom. The highest BCUT2D eigenvalue weighted by Gasteiger charge is 2.45. The number of likely N-dealkylation sites (tertiary alicyclic amines) is 1. The van der Waals surface area contributed by atoms with Gasteiger partial charge in [0.1, 0.15) is 11.5 Å². The van der Waals surface area contributed by atoms with Gasteiger partial charge in [0.2, 0.25) is 0 Å². The van der Waals surface area contributed by atoms with Crippen molar-refractivity contribution in [1.82, 2.24) is 14.5 Å². The number of aliphatic hydroxyl groups excluding tert-OH is 1. The summed E-state index contributed by atoms with van der Waals surface area (Å²) in [4.78, 5) is 31.7. The second kappa shape index (κ2) is 9.51. The first-order valence-corrected chi connectivity index (χ1v) is 10.6. The molecule has 0 saturated carbocycles. The number of nitrogens with zero attached hydrogens (tertiary/aromatic N) is 3. The molecule has 164 valence electrons. The van der Waals surface area contributed by atoms with Gasteiger partial charge < -0.3 is 19.3 Å². The van der Waals surface area contributed by atoms with Gasteiger partial charge in [-0.05, 0) is 31.0 Å². The summed E-state index contributed by atoms with van der Waals surface area (Å²) in [5.74, 6) is -0.817. The lowest BCUT2D eigenvalue weighted by Gasteiger charge is -2.25. The molecular formula is C25H25N3O4. The molecule has 1 unspecified atom stereocenters. The van der Waals surface area contributed by atoms with Gasteiger partial charge in [-0.3, -0.25) is 9.59 Å². The minimum absolute atomic E-state index is 0.0949. The van der Waals surface area contributed by atoms with Crippen molar-refractivity contribution in [1.29, 1.82) is 0 Å². The van der Waals surface area contributed by atoms with Gasteiger partial charge in [0.05, 0.1) is 24.5 Å². The number of carbonyl (C=O) groups excluding carboxylic acids is 2. The van der Waals surface area contributed by atoms with Gasteiger partial charge in [0.15, 0.2) is 0 Å². The third-order valence-corrected chi connectivity index (χ3v) is 5.45. The zero-order valence-electron chi connectivity index (χ0n) is 17.8. The minimum atomic E-state index is -0.696. The number of amides is 1. The number of hydrogen-bond acceptors (Lipinski definition) is 5. The van der Waals surface area contributed by atoms with Crippen molar-refractivity contribution in [2.45, 2.75) is 25.9 Å². The Hall–Kier alpha value is -3.87. The summed E-state index contributed by atoms with van der Waals surface area (Å²) in [6, 6.07) is 15.4. The van der Waals surface area contributed by atoms with Crippen molar-refractivity contribution < 1.29 is 19.4 Å². The van der Waals surface area contributed by atoms with E-state index < -0.39 is 17.7 Å². The molecule has 1 fully saturated rings. The molecule has 2 aromatic carbocycles. The number of aryl methyl sites for hydroxylation is 1. The zero-order chi connectivity index (χ0) is 22.5. The molecule has 7 heteroatoms. The predicted molar refractivity (Wildman–Crippen MR) is 120 cm³/mol. The first kappa shape index (κ1) is 21.4. The number of Topliss-reactive ketones (excluding diaryl/α,β-unsaturated/α-hetero) is 1. The highest BCUT2D eigenvalue weighted by atomic mass is 16.5. The van der Waals surface area contributed by atoms with E-state index in [0.717, 1.165) is 5.56 Å². The fraction of sp³-hybridized carbons (Fsp3) is 0.240. The molecule has 2 heterocycles. The number of hydrogen-bond donors (Lipinski definition) is 1. The van der Waals surface area contributed by atoms with E-state index in [4.69, 9.17) is 4.74 Å². The van der Waals surface area contributed by atoms with E-state index in [1.54, 1.807) is 41.7 Å². The molecule has 0 bridgehead atoms.